The number of benzene rings is 2. The number of nitro benzene ring substituents is 1. The fraction of sp³-hybridized carbons (Fsp3) is 0.278. The summed E-state index contributed by atoms with van der Waals surface area (Å²) in [7, 11) is 0. The fourth-order valence-corrected chi connectivity index (χ4v) is 2.64. The van der Waals surface area contributed by atoms with Crippen LogP contribution in [0.4, 0.5) is 25.8 Å². The Morgan fingerprint density at radius 2 is 1.96 bits per heavy atom. The fourth-order valence-electron chi connectivity index (χ4n) is 2.64. The predicted octanol–water partition coefficient (Wildman–Crippen LogP) is 4.11. The van der Waals surface area contributed by atoms with Gasteiger partial charge in [0.25, 0.3) is 11.6 Å². The van der Waals surface area contributed by atoms with Gasteiger partial charge in [0, 0.05) is 36.0 Å². The van der Waals surface area contributed by atoms with Gasteiger partial charge in [0.05, 0.1) is 4.92 Å². The van der Waals surface area contributed by atoms with Gasteiger partial charge in [0.2, 0.25) is 0 Å². The van der Waals surface area contributed by atoms with E-state index < -0.39 is 22.5 Å². The summed E-state index contributed by atoms with van der Waals surface area (Å²) in [5.74, 6) is -2.60. The molecule has 2 aromatic carbocycles. The summed E-state index contributed by atoms with van der Waals surface area (Å²) in [6.07, 6.45) is 1.91. The molecule has 0 heterocycles. The molecule has 1 aliphatic carbocycles. The number of rotatable bonds is 6. The number of nitrogens with zero attached hydrogens (tertiary/aromatic N) is 2. The molecule has 1 fully saturated rings. The van der Waals surface area contributed by atoms with Gasteiger partial charge in [-0.1, -0.05) is 0 Å². The second-order valence-electron chi connectivity index (χ2n) is 6.06. The number of carbonyl (C=O) groups is 1. The van der Waals surface area contributed by atoms with Crippen LogP contribution in [0.1, 0.15) is 30.1 Å². The van der Waals surface area contributed by atoms with Crippen LogP contribution in [0.2, 0.25) is 0 Å². The Kier molecular flexibility index (Phi) is 4.83. The first-order chi connectivity index (χ1) is 12.4. The molecule has 1 N–H and O–H groups in total. The van der Waals surface area contributed by atoms with Crippen LogP contribution < -0.4 is 10.2 Å². The highest BCUT2D eigenvalue weighted by Crippen LogP contribution is 2.32. The zero-order valence-corrected chi connectivity index (χ0v) is 14.0. The quantitative estimate of drug-likeness (QED) is 0.620. The highest BCUT2D eigenvalue weighted by atomic mass is 19.2. The van der Waals surface area contributed by atoms with Gasteiger partial charge < -0.3 is 10.2 Å². The van der Waals surface area contributed by atoms with E-state index in [0.29, 0.717) is 5.69 Å². The molecular weight excluding hydrogens is 344 g/mol. The van der Waals surface area contributed by atoms with Gasteiger partial charge in [-0.05, 0) is 44.0 Å². The zero-order valence-electron chi connectivity index (χ0n) is 14.0. The highest BCUT2D eigenvalue weighted by Gasteiger charge is 2.26. The van der Waals surface area contributed by atoms with Crippen LogP contribution in [0.25, 0.3) is 0 Å². The number of hydrogen-bond acceptors (Lipinski definition) is 4. The third kappa shape index (κ3) is 3.63. The minimum atomic E-state index is -1.07. The summed E-state index contributed by atoms with van der Waals surface area (Å²) >= 11 is 0. The second kappa shape index (κ2) is 7.07. The monoisotopic (exact) mass is 361 g/mol. The van der Waals surface area contributed by atoms with Crippen LogP contribution in [-0.2, 0) is 0 Å². The molecule has 2 aromatic rings. The Morgan fingerprint density at radius 1 is 1.23 bits per heavy atom. The van der Waals surface area contributed by atoms with E-state index in [9.17, 15) is 23.7 Å². The first-order valence-corrected chi connectivity index (χ1v) is 8.22. The maximum absolute atomic E-state index is 13.5. The van der Waals surface area contributed by atoms with E-state index in [1.807, 2.05) is 0 Å². The van der Waals surface area contributed by atoms with Crippen molar-refractivity contribution in [2.24, 2.45) is 0 Å². The van der Waals surface area contributed by atoms with Crippen molar-refractivity contribution < 1.29 is 18.5 Å². The molecule has 6 nitrogen and oxygen atoms in total. The second-order valence-corrected chi connectivity index (χ2v) is 6.06. The van der Waals surface area contributed by atoms with Crippen LogP contribution in [0.5, 0.6) is 0 Å². The van der Waals surface area contributed by atoms with Crippen molar-refractivity contribution in [3.63, 3.8) is 0 Å². The summed E-state index contributed by atoms with van der Waals surface area (Å²) in [4.78, 5) is 24.8. The topological polar surface area (TPSA) is 75.5 Å². The van der Waals surface area contributed by atoms with Crippen LogP contribution in [-0.4, -0.2) is 23.4 Å². The summed E-state index contributed by atoms with van der Waals surface area (Å²) < 4.78 is 26.6. The average Bonchev–Trinajstić information content (AvgIpc) is 3.42. The lowest BCUT2D eigenvalue weighted by molar-refractivity contribution is -0.384. The number of nitrogens with one attached hydrogen (secondary N) is 1. The maximum atomic E-state index is 13.5. The number of halogens is 2. The highest BCUT2D eigenvalue weighted by molar-refractivity contribution is 6.06. The summed E-state index contributed by atoms with van der Waals surface area (Å²) in [5.41, 5.74) is 0.456. The van der Waals surface area contributed by atoms with E-state index in [-0.39, 0.29) is 29.5 Å². The molecule has 0 radical (unpaired) electrons. The SMILES string of the molecule is CCN(C(=O)c1ccc(NC2CC2)c([N+](=O)[O-])c1)c1ccc(F)c(F)c1. The van der Waals surface area contributed by atoms with Gasteiger partial charge in [-0.25, -0.2) is 8.78 Å². The number of amides is 1. The lowest BCUT2D eigenvalue weighted by Crippen LogP contribution is -2.30. The van der Waals surface area contributed by atoms with E-state index >= 15 is 0 Å². The van der Waals surface area contributed by atoms with Gasteiger partial charge in [-0.15, -0.1) is 0 Å². The van der Waals surface area contributed by atoms with Crippen molar-refractivity contribution in [3.8, 4) is 0 Å². The van der Waals surface area contributed by atoms with Gasteiger partial charge in [0.1, 0.15) is 5.69 Å². The zero-order chi connectivity index (χ0) is 18.8. The maximum Gasteiger partial charge on any atom is 0.293 e. The molecule has 8 heteroatoms. The van der Waals surface area contributed by atoms with E-state index in [1.54, 1.807) is 6.92 Å². The predicted molar refractivity (Wildman–Crippen MR) is 93.4 cm³/mol. The largest absolute Gasteiger partial charge is 0.377 e. The molecule has 26 heavy (non-hydrogen) atoms. The van der Waals surface area contributed by atoms with Crippen molar-refractivity contribution >= 4 is 23.0 Å². The average molecular weight is 361 g/mol. The number of anilines is 2. The standard InChI is InChI=1S/C18H17F2N3O3/c1-2-22(13-6-7-14(19)15(20)10-13)18(24)11-3-8-16(21-12-4-5-12)17(9-11)23(25)26/h3,6-10,12,21H,2,4-5H2,1H3. The van der Waals surface area contributed by atoms with Crippen LogP contribution in [0.15, 0.2) is 36.4 Å². The van der Waals surface area contributed by atoms with Gasteiger partial charge in [0.15, 0.2) is 11.6 Å². The van der Waals surface area contributed by atoms with E-state index in [2.05, 4.69) is 5.32 Å². The third-order valence-electron chi connectivity index (χ3n) is 4.15. The number of carbonyl (C=O) groups excluding carboxylic acids is 1. The molecule has 0 spiro atoms. The Hall–Kier alpha value is -3.03. The normalized spacial score (nSPS) is 13.3. The van der Waals surface area contributed by atoms with Gasteiger partial charge >= 0.3 is 0 Å². The van der Waals surface area contributed by atoms with E-state index in [1.165, 1.54) is 29.2 Å². The lowest BCUT2D eigenvalue weighted by atomic mass is 10.1. The Balaban J connectivity index is 1.92. The molecular formula is C18H17F2N3O3. The molecule has 0 atom stereocenters. The minimum absolute atomic E-state index is 0.102. The minimum Gasteiger partial charge on any atom is -0.377 e. The summed E-state index contributed by atoms with van der Waals surface area (Å²) in [5, 5.41) is 14.4. The van der Waals surface area contributed by atoms with Crippen LogP contribution in [0, 0.1) is 21.7 Å². The van der Waals surface area contributed by atoms with Gasteiger partial charge in [-0.3, -0.25) is 14.9 Å². The molecule has 1 saturated carbocycles. The molecule has 0 unspecified atom stereocenters. The molecule has 0 aliphatic heterocycles. The molecule has 1 aliphatic rings. The smallest absolute Gasteiger partial charge is 0.293 e. The summed E-state index contributed by atoms with van der Waals surface area (Å²) in [6.45, 7) is 1.87. The Labute approximate surface area is 148 Å². The van der Waals surface area contributed by atoms with Crippen molar-refractivity contribution in [2.75, 3.05) is 16.8 Å². The van der Waals surface area contributed by atoms with Crippen LogP contribution >= 0.6 is 0 Å². The van der Waals surface area contributed by atoms with Crippen molar-refractivity contribution in [1.29, 1.82) is 0 Å². The van der Waals surface area contributed by atoms with Crippen molar-refractivity contribution in [1.82, 2.24) is 0 Å². The molecule has 0 bridgehead atoms. The molecule has 0 aromatic heterocycles. The van der Waals surface area contributed by atoms with Crippen molar-refractivity contribution in [2.45, 2.75) is 25.8 Å². The van der Waals surface area contributed by atoms with E-state index in [0.717, 1.165) is 25.0 Å². The Morgan fingerprint density at radius 3 is 2.54 bits per heavy atom. The molecule has 3 rings (SSSR count). The molecule has 0 saturated heterocycles. The first kappa shape index (κ1) is 17.8. The Bertz CT molecular complexity index is 869. The number of nitro groups is 1. The third-order valence-corrected chi connectivity index (χ3v) is 4.15. The number of hydrogen-bond donors (Lipinski definition) is 1. The van der Waals surface area contributed by atoms with E-state index in [4.69, 9.17) is 0 Å². The molecule has 1 amide bonds. The first-order valence-electron chi connectivity index (χ1n) is 8.22. The van der Waals surface area contributed by atoms with Crippen molar-refractivity contribution in [3.05, 3.63) is 63.7 Å². The molecule has 136 valence electrons. The summed E-state index contributed by atoms with van der Waals surface area (Å²) in [6, 6.07) is 7.57. The van der Waals surface area contributed by atoms with Crippen LogP contribution in [0.3, 0.4) is 0 Å². The van der Waals surface area contributed by atoms with Gasteiger partial charge in [-0.2, -0.15) is 0 Å². The lowest BCUT2D eigenvalue weighted by Gasteiger charge is -2.21.